The van der Waals surface area contributed by atoms with Crippen molar-refractivity contribution in [3.05, 3.63) is 58.1 Å². The lowest BCUT2D eigenvalue weighted by molar-refractivity contribution is -0.117. The van der Waals surface area contributed by atoms with Crippen molar-refractivity contribution in [1.29, 1.82) is 0 Å². The molecule has 0 unspecified atom stereocenters. The molecule has 0 spiro atoms. The van der Waals surface area contributed by atoms with Crippen LogP contribution in [0.4, 0.5) is 10.8 Å². The highest BCUT2D eigenvalue weighted by molar-refractivity contribution is 7.92. The summed E-state index contributed by atoms with van der Waals surface area (Å²) in [5.41, 5.74) is 1.85. The van der Waals surface area contributed by atoms with E-state index in [-0.39, 0.29) is 11.6 Å². The SMILES string of the molecule is CC[C@H](C(=O)Nc1nnc(-c2ccc(Cl)cc2)s1)N(c1cc(Cl)ccc1C)S(C)(=O)=O. The molecule has 1 heterocycles. The number of hydrogen-bond acceptors (Lipinski definition) is 6. The molecule has 0 fully saturated rings. The molecule has 2 aromatic carbocycles. The van der Waals surface area contributed by atoms with Crippen molar-refractivity contribution in [2.24, 2.45) is 0 Å². The van der Waals surface area contributed by atoms with E-state index in [0.717, 1.165) is 16.1 Å². The summed E-state index contributed by atoms with van der Waals surface area (Å²) in [6.45, 7) is 3.50. The van der Waals surface area contributed by atoms with Crippen LogP contribution in [0.5, 0.6) is 0 Å². The number of amides is 1. The van der Waals surface area contributed by atoms with Gasteiger partial charge in [0.05, 0.1) is 11.9 Å². The normalized spacial score (nSPS) is 12.4. The third-order valence-corrected chi connectivity index (χ3v) is 7.03. The Labute approximate surface area is 195 Å². The molecule has 1 N–H and O–H groups in total. The van der Waals surface area contributed by atoms with E-state index in [0.29, 0.717) is 26.3 Å². The number of sulfonamides is 1. The second-order valence-electron chi connectivity index (χ2n) is 6.82. The molecule has 1 atom stereocenters. The molecule has 0 radical (unpaired) electrons. The maximum atomic E-state index is 13.1. The van der Waals surface area contributed by atoms with E-state index in [1.54, 1.807) is 50.2 Å². The van der Waals surface area contributed by atoms with Crippen LogP contribution in [0, 0.1) is 6.92 Å². The van der Waals surface area contributed by atoms with Crippen molar-refractivity contribution < 1.29 is 13.2 Å². The third kappa shape index (κ3) is 5.54. The minimum absolute atomic E-state index is 0.244. The van der Waals surface area contributed by atoms with Gasteiger partial charge in [0.1, 0.15) is 11.0 Å². The Morgan fingerprint density at radius 2 is 1.77 bits per heavy atom. The fraction of sp³-hybridized carbons (Fsp3) is 0.250. The first-order chi connectivity index (χ1) is 14.6. The van der Waals surface area contributed by atoms with Gasteiger partial charge >= 0.3 is 0 Å². The lowest BCUT2D eigenvalue weighted by Crippen LogP contribution is -2.47. The predicted octanol–water partition coefficient (Wildman–Crippen LogP) is 5.00. The van der Waals surface area contributed by atoms with Gasteiger partial charge in [0.2, 0.25) is 21.1 Å². The molecule has 0 aliphatic carbocycles. The van der Waals surface area contributed by atoms with Crippen LogP contribution in [-0.2, 0) is 14.8 Å². The number of rotatable bonds is 7. The zero-order chi connectivity index (χ0) is 22.8. The van der Waals surface area contributed by atoms with E-state index >= 15 is 0 Å². The molecular formula is C20H20Cl2N4O3S2. The summed E-state index contributed by atoms with van der Waals surface area (Å²) < 4.78 is 26.4. The number of aryl methyl sites for hydroxylation is 1. The van der Waals surface area contributed by atoms with Crippen molar-refractivity contribution in [2.45, 2.75) is 26.3 Å². The number of nitrogens with zero attached hydrogens (tertiary/aromatic N) is 3. The minimum atomic E-state index is -3.78. The molecular weight excluding hydrogens is 479 g/mol. The number of carbonyl (C=O) groups is 1. The molecule has 1 amide bonds. The van der Waals surface area contributed by atoms with Crippen molar-refractivity contribution in [3.63, 3.8) is 0 Å². The molecule has 31 heavy (non-hydrogen) atoms. The molecule has 0 saturated heterocycles. The third-order valence-electron chi connectivity index (χ3n) is 4.48. The van der Waals surface area contributed by atoms with E-state index in [9.17, 15) is 13.2 Å². The van der Waals surface area contributed by atoms with Gasteiger partial charge in [0, 0.05) is 15.6 Å². The van der Waals surface area contributed by atoms with Crippen molar-refractivity contribution in [2.75, 3.05) is 15.9 Å². The highest BCUT2D eigenvalue weighted by Crippen LogP contribution is 2.31. The summed E-state index contributed by atoms with van der Waals surface area (Å²) in [6.07, 6.45) is 1.31. The highest BCUT2D eigenvalue weighted by Gasteiger charge is 2.33. The molecule has 164 valence electrons. The van der Waals surface area contributed by atoms with Gasteiger partial charge in [-0.3, -0.25) is 14.4 Å². The lowest BCUT2D eigenvalue weighted by Gasteiger charge is -2.31. The smallest absolute Gasteiger partial charge is 0.250 e. The van der Waals surface area contributed by atoms with Gasteiger partial charge in [-0.1, -0.05) is 59.7 Å². The van der Waals surface area contributed by atoms with Crippen LogP contribution < -0.4 is 9.62 Å². The second kappa shape index (κ2) is 9.52. The summed E-state index contributed by atoms with van der Waals surface area (Å²) in [5.74, 6) is -0.508. The Balaban J connectivity index is 1.89. The van der Waals surface area contributed by atoms with Crippen molar-refractivity contribution in [1.82, 2.24) is 10.2 Å². The highest BCUT2D eigenvalue weighted by atomic mass is 35.5. The molecule has 3 aromatic rings. The summed E-state index contributed by atoms with van der Waals surface area (Å²) in [6, 6.07) is 11.0. The van der Waals surface area contributed by atoms with Crippen LogP contribution >= 0.6 is 34.5 Å². The quantitative estimate of drug-likeness (QED) is 0.494. The maximum Gasteiger partial charge on any atom is 0.250 e. The fourth-order valence-electron chi connectivity index (χ4n) is 3.03. The van der Waals surface area contributed by atoms with E-state index in [4.69, 9.17) is 23.2 Å². The van der Waals surface area contributed by atoms with Crippen LogP contribution in [0.2, 0.25) is 10.0 Å². The first-order valence-corrected chi connectivity index (χ1v) is 12.7. The second-order valence-corrected chi connectivity index (χ2v) is 10.5. The number of benzene rings is 2. The molecule has 11 heteroatoms. The molecule has 7 nitrogen and oxygen atoms in total. The van der Waals surface area contributed by atoms with Crippen LogP contribution in [0.1, 0.15) is 18.9 Å². The van der Waals surface area contributed by atoms with Gasteiger partial charge in [-0.2, -0.15) is 0 Å². The van der Waals surface area contributed by atoms with Crippen LogP contribution in [0.25, 0.3) is 10.6 Å². The zero-order valence-electron chi connectivity index (χ0n) is 17.0. The van der Waals surface area contributed by atoms with E-state index in [1.807, 2.05) is 0 Å². The van der Waals surface area contributed by atoms with E-state index < -0.39 is 22.0 Å². The molecule has 0 saturated carbocycles. The van der Waals surface area contributed by atoms with Gasteiger partial charge < -0.3 is 0 Å². The maximum absolute atomic E-state index is 13.1. The average Bonchev–Trinajstić information content (AvgIpc) is 3.16. The molecule has 0 aliphatic rings. The number of hydrogen-bond donors (Lipinski definition) is 1. The molecule has 0 aliphatic heterocycles. The van der Waals surface area contributed by atoms with E-state index in [1.165, 1.54) is 17.4 Å². The number of aromatic nitrogens is 2. The lowest BCUT2D eigenvalue weighted by atomic mass is 10.1. The minimum Gasteiger partial charge on any atom is -0.299 e. The van der Waals surface area contributed by atoms with Crippen LogP contribution in [-0.4, -0.2) is 36.8 Å². The molecule has 1 aromatic heterocycles. The van der Waals surface area contributed by atoms with Crippen molar-refractivity contribution in [3.8, 4) is 10.6 Å². The summed E-state index contributed by atoms with van der Waals surface area (Å²) in [7, 11) is -3.78. The van der Waals surface area contributed by atoms with Gasteiger partial charge in [-0.05, 0) is 43.2 Å². The summed E-state index contributed by atoms with van der Waals surface area (Å²) >= 11 is 13.2. The molecule has 3 rings (SSSR count). The number of nitrogens with one attached hydrogen (secondary N) is 1. The van der Waals surface area contributed by atoms with Gasteiger partial charge in [-0.25, -0.2) is 8.42 Å². The average molecular weight is 499 g/mol. The Kier molecular flexibility index (Phi) is 7.20. The largest absolute Gasteiger partial charge is 0.299 e. The summed E-state index contributed by atoms with van der Waals surface area (Å²) in [5, 5.41) is 12.6. The Bertz CT molecular complexity index is 1200. The summed E-state index contributed by atoms with van der Waals surface area (Å²) in [4.78, 5) is 13.1. The number of anilines is 2. The Hall–Kier alpha value is -2.20. The Morgan fingerprint density at radius 3 is 2.39 bits per heavy atom. The molecule has 0 bridgehead atoms. The first kappa shape index (κ1) is 23.5. The number of carbonyl (C=O) groups excluding carboxylic acids is 1. The van der Waals surface area contributed by atoms with E-state index in [2.05, 4.69) is 15.5 Å². The monoisotopic (exact) mass is 498 g/mol. The zero-order valence-corrected chi connectivity index (χ0v) is 20.1. The predicted molar refractivity (Wildman–Crippen MR) is 127 cm³/mol. The van der Waals surface area contributed by atoms with Gasteiger partial charge in [-0.15, -0.1) is 10.2 Å². The van der Waals surface area contributed by atoms with Gasteiger partial charge in [0.15, 0.2) is 0 Å². The van der Waals surface area contributed by atoms with Crippen LogP contribution in [0.15, 0.2) is 42.5 Å². The number of halogens is 2. The van der Waals surface area contributed by atoms with Crippen LogP contribution in [0.3, 0.4) is 0 Å². The fourth-order valence-corrected chi connectivity index (χ4v) is 5.33. The topological polar surface area (TPSA) is 92.3 Å². The Morgan fingerprint density at radius 1 is 1.13 bits per heavy atom. The van der Waals surface area contributed by atoms with Crippen molar-refractivity contribution >= 4 is 61.3 Å². The first-order valence-electron chi connectivity index (χ1n) is 9.26. The van der Waals surface area contributed by atoms with Gasteiger partial charge in [0.25, 0.3) is 0 Å². The standard InChI is InChI=1S/C20H20Cl2N4O3S2/c1-4-16(26(31(3,28)29)17-11-15(22)8-5-12(17)2)18(27)23-20-25-24-19(30-20)13-6-9-14(21)10-7-13/h5-11,16H,4H2,1-3H3,(H,23,25,27)/t16-/m1/s1.